The van der Waals surface area contributed by atoms with Crippen LogP contribution in [0.3, 0.4) is 0 Å². The Morgan fingerprint density at radius 2 is 1.79 bits per heavy atom. The van der Waals surface area contributed by atoms with Gasteiger partial charge >= 0.3 is 0 Å². The second-order valence-corrected chi connectivity index (χ2v) is 5.44. The number of pyridine rings is 1. The first-order valence-electron chi connectivity index (χ1n) is 5.20. The molecule has 0 atom stereocenters. The summed E-state index contributed by atoms with van der Waals surface area (Å²) in [6.45, 7) is 0. The fraction of sp³-hybridized carbons (Fsp3) is 0. The highest BCUT2D eigenvalue weighted by molar-refractivity contribution is 7.91. The summed E-state index contributed by atoms with van der Waals surface area (Å²) in [5.41, 5.74) is -0.129. The van der Waals surface area contributed by atoms with Gasteiger partial charge in [-0.05, 0) is 24.3 Å². The molecule has 0 aliphatic carbocycles. The highest BCUT2D eigenvalue weighted by atomic mass is 32.2. The van der Waals surface area contributed by atoms with Gasteiger partial charge in [-0.1, -0.05) is 12.1 Å². The minimum Gasteiger partial charge on any atom is -0.244 e. The van der Waals surface area contributed by atoms with E-state index in [0.717, 1.165) is 0 Å². The number of sulfone groups is 1. The van der Waals surface area contributed by atoms with Gasteiger partial charge in [-0.15, -0.1) is 0 Å². The monoisotopic (exact) mass is 269 g/mol. The van der Waals surface area contributed by atoms with E-state index >= 15 is 0 Å². The zero-order chi connectivity index (χ0) is 13.9. The topological polar surface area (TPSA) is 94.6 Å². The van der Waals surface area contributed by atoms with Gasteiger partial charge in [-0.3, -0.25) is 0 Å². The number of aromatic nitrogens is 1. The van der Waals surface area contributed by atoms with Gasteiger partial charge in [0.15, 0.2) is 5.03 Å². The van der Waals surface area contributed by atoms with Crippen molar-refractivity contribution in [3.8, 4) is 12.1 Å². The maximum absolute atomic E-state index is 12.4. The molecule has 0 unspecified atom stereocenters. The minimum absolute atomic E-state index is 0.0273. The molecule has 1 aromatic heterocycles. The zero-order valence-corrected chi connectivity index (χ0v) is 10.4. The van der Waals surface area contributed by atoms with Crippen LogP contribution in [0.15, 0.2) is 52.5 Å². The molecular weight excluding hydrogens is 262 g/mol. The van der Waals surface area contributed by atoms with Crippen LogP contribution in [0.25, 0.3) is 0 Å². The Hall–Kier alpha value is -2.70. The van der Waals surface area contributed by atoms with Crippen molar-refractivity contribution in [1.29, 1.82) is 10.5 Å². The average Bonchev–Trinajstić information content (AvgIpc) is 2.47. The van der Waals surface area contributed by atoms with E-state index in [1.807, 2.05) is 0 Å². The summed E-state index contributed by atoms with van der Waals surface area (Å²) in [5, 5.41) is 17.8. The molecule has 6 heteroatoms. The molecule has 1 aromatic carbocycles. The number of nitriles is 2. The van der Waals surface area contributed by atoms with Gasteiger partial charge in [0.25, 0.3) is 0 Å². The molecule has 0 saturated heterocycles. The lowest BCUT2D eigenvalue weighted by atomic mass is 10.1. The third-order valence-corrected chi connectivity index (χ3v) is 4.17. The molecule has 0 bridgehead atoms. The molecule has 0 aliphatic heterocycles. The molecule has 92 valence electrons. The molecule has 2 rings (SSSR count). The van der Waals surface area contributed by atoms with E-state index in [0.29, 0.717) is 0 Å². The van der Waals surface area contributed by atoms with Crippen molar-refractivity contribution < 1.29 is 8.42 Å². The lowest BCUT2D eigenvalue weighted by Crippen LogP contribution is -2.07. The van der Waals surface area contributed by atoms with Crippen molar-refractivity contribution in [1.82, 2.24) is 4.98 Å². The number of nitrogens with zero attached hydrogens (tertiary/aromatic N) is 3. The molecule has 0 radical (unpaired) electrons. The predicted molar refractivity (Wildman–Crippen MR) is 65.6 cm³/mol. The Morgan fingerprint density at radius 3 is 2.37 bits per heavy atom. The van der Waals surface area contributed by atoms with Crippen LogP contribution in [0.4, 0.5) is 0 Å². The quantitative estimate of drug-likeness (QED) is 0.826. The first-order valence-corrected chi connectivity index (χ1v) is 6.69. The van der Waals surface area contributed by atoms with E-state index in [1.54, 1.807) is 24.3 Å². The van der Waals surface area contributed by atoms with E-state index in [1.165, 1.54) is 30.5 Å². The predicted octanol–water partition coefficient (Wildman–Crippen LogP) is 1.66. The van der Waals surface area contributed by atoms with Crippen LogP contribution in [-0.4, -0.2) is 13.4 Å². The lowest BCUT2D eigenvalue weighted by molar-refractivity contribution is 0.592. The largest absolute Gasteiger partial charge is 0.244 e. The van der Waals surface area contributed by atoms with E-state index in [9.17, 15) is 8.42 Å². The Balaban J connectivity index is 2.75. The van der Waals surface area contributed by atoms with Gasteiger partial charge in [-0.25, -0.2) is 13.4 Å². The van der Waals surface area contributed by atoms with Crippen LogP contribution >= 0.6 is 0 Å². The summed E-state index contributed by atoms with van der Waals surface area (Å²) in [4.78, 5) is 3.58. The van der Waals surface area contributed by atoms with Crippen LogP contribution in [0.1, 0.15) is 11.1 Å². The van der Waals surface area contributed by atoms with Crippen molar-refractivity contribution in [2.75, 3.05) is 0 Å². The highest BCUT2D eigenvalue weighted by Crippen LogP contribution is 2.24. The van der Waals surface area contributed by atoms with Crippen LogP contribution in [-0.2, 0) is 9.84 Å². The van der Waals surface area contributed by atoms with Gasteiger partial charge < -0.3 is 0 Å². The summed E-state index contributed by atoms with van der Waals surface area (Å²) in [6, 6.07) is 12.2. The average molecular weight is 269 g/mol. The van der Waals surface area contributed by atoms with Gasteiger partial charge in [-0.2, -0.15) is 10.5 Å². The van der Waals surface area contributed by atoms with E-state index in [4.69, 9.17) is 10.5 Å². The second-order valence-electron chi connectivity index (χ2n) is 3.57. The van der Waals surface area contributed by atoms with Crippen molar-refractivity contribution in [3.63, 3.8) is 0 Å². The summed E-state index contributed by atoms with van der Waals surface area (Å²) in [5.74, 6) is 0. The van der Waals surface area contributed by atoms with Crippen LogP contribution in [0.5, 0.6) is 0 Å². The standard InChI is InChI=1S/C13H7N3O2S/c14-8-10-4-3-5-12(11(10)9-15)19(17,18)13-6-1-2-7-16-13/h1-7H. The Kier molecular flexibility index (Phi) is 3.28. The summed E-state index contributed by atoms with van der Waals surface area (Å²) < 4.78 is 24.7. The highest BCUT2D eigenvalue weighted by Gasteiger charge is 2.24. The molecular formula is C13H7N3O2S. The van der Waals surface area contributed by atoms with E-state index in [-0.39, 0.29) is 21.0 Å². The van der Waals surface area contributed by atoms with Crippen LogP contribution in [0.2, 0.25) is 0 Å². The maximum atomic E-state index is 12.4. The normalized spacial score (nSPS) is 10.4. The summed E-state index contributed by atoms with van der Waals surface area (Å²) in [6.07, 6.45) is 1.35. The first kappa shape index (κ1) is 12.7. The molecule has 0 fully saturated rings. The Bertz CT molecular complexity index is 800. The van der Waals surface area contributed by atoms with Gasteiger partial charge in [0.1, 0.15) is 12.1 Å². The first-order chi connectivity index (χ1) is 9.11. The minimum atomic E-state index is -3.90. The number of hydrogen-bond acceptors (Lipinski definition) is 5. The fourth-order valence-corrected chi connectivity index (χ4v) is 2.95. The van der Waals surface area contributed by atoms with Crippen molar-refractivity contribution >= 4 is 9.84 Å². The molecule has 0 saturated carbocycles. The van der Waals surface area contributed by atoms with Crippen molar-refractivity contribution in [3.05, 3.63) is 53.7 Å². The molecule has 0 aliphatic rings. The van der Waals surface area contributed by atoms with E-state index < -0.39 is 9.84 Å². The number of benzene rings is 1. The van der Waals surface area contributed by atoms with Crippen molar-refractivity contribution in [2.24, 2.45) is 0 Å². The van der Waals surface area contributed by atoms with Crippen molar-refractivity contribution in [2.45, 2.75) is 9.92 Å². The van der Waals surface area contributed by atoms with Crippen LogP contribution < -0.4 is 0 Å². The number of hydrogen-bond donors (Lipinski definition) is 0. The molecule has 1 heterocycles. The van der Waals surface area contributed by atoms with Gasteiger partial charge in [0.05, 0.1) is 16.0 Å². The van der Waals surface area contributed by atoms with E-state index in [2.05, 4.69) is 4.98 Å². The molecule has 19 heavy (non-hydrogen) atoms. The maximum Gasteiger partial charge on any atom is 0.225 e. The SMILES string of the molecule is N#Cc1cccc(S(=O)(=O)c2ccccn2)c1C#N. The fourth-order valence-electron chi connectivity index (χ4n) is 1.58. The smallest absolute Gasteiger partial charge is 0.225 e. The molecule has 5 nitrogen and oxygen atoms in total. The van der Waals surface area contributed by atoms with Gasteiger partial charge in [0.2, 0.25) is 9.84 Å². The lowest BCUT2D eigenvalue weighted by Gasteiger charge is -2.06. The summed E-state index contributed by atoms with van der Waals surface area (Å²) in [7, 11) is -3.90. The Morgan fingerprint density at radius 1 is 1.00 bits per heavy atom. The third-order valence-electron chi connectivity index (χ3n) is 2.46. The number of rotatable bonds is 2. The molecule has 0 amide bonds. The molecule has 0 spiro atoms. The molecule has 2 aromatic rings. The van der Waals surface area contributed by atoms with Crippen LogP contribution in [0, 0.1) is 22.7 Å². The zero-order valence-electron chi connectivity index (χ0n) is 9.61. The third kappa shape index (κ3) is 2.17. The molecule has 0 N–H and O–H groups in total. The Labute approximate surface area is 110 Å². The van der Waals surface area contributed by atoms with Gasteiger partial charge in [0, 0.05) is 6.20 Å². The second kappa shape index (κ2) is 4.89. The summed E-state index contributed by atoms with van der Waals surface area (Å²) >= 11 is 0.